The van der Waals surface area contributed by atoms with Crippen LogP contribution in [0.1, 0.15) is 38.2 Å². The number of hydrogen-bond acceptors (Lipinski definition) is 3. The van der Waals surface area contributed by atoms with Gasteiger partial charge in [0.2, 0.25) is 0 Å². The van der Waals surface area contributed by atoms with Gasteiger partial charge in [-0.1, -0.05) is 31.0 Å². The summed E-state index contributed by atoms with van der Waals surface area (Å²) < 4.78 is 5.39. The molecule has 25 heavy (non-hydrogen) atoms. The summed E-state index contributed by atoms with van der Waals surface area (Å²) in [5, 5.41) is 6.75. The molecule has 1 aromatic rings. The maximum Gasteiger partial charge on any atom is 0.191 e. The zero-order valence-corrected chi connectivity index (χ0v) is 18.1. The second kappa shape index (κ2) is 12.4. The number of hydrogen-bond donors (Lipinski definition) is 2. The molecule has 5 nitrogen and oxygen atoms in total. The standard InChI is InChI=1S/C19H32N4O.HI/c1-4-20-19(21-13-14-23(2)17-10-6-7-11-17)22-15-16-9-5-8-12-18(16)24-3;/h5,8-9,12,17H,4,6-7,10-11,13-15H2,1-3H3,(H2,20,21,22);1H. The van der Waals surface area contributed by atoms with Crippen LogP contribution >= 0.6 is 24.0 Å². The van der Waals surface area contributed by atoms with Crippen LogP contribution in [-0.4, -0.2) is 50.7 Å². The highest BCUT2D eigenvalue weighted by atomic mass is 127. The highest BCUT2D eigenvalue weighted by Crippen LogP contribution is 2.21. The van der Waals surface area contributed by atoms with Gasteiger partial charge in [0.15, 0.2) is 5.96 Å². The molecule has 0 aromatic heterocycles. The normalized spacial score (nSPS) is 15.1. The summed E-state index contributed by atoms with van der Waals surface area (Å²) in [5.74, 6) is 1.75. The first kappa shape index (κ1) is 22.0. The SMILES string of the molecule is CCNC(=NCc1ccccc1OC)NCCN(C)C1CCCC1.I. The van der Waals surface area contributed by atoms with Gasteiger partial charge in [0.1, 0.15) is 5.75 Å². The summed E-state index contributed by atoms with van der Waals surface area (Å²) in [4.78, 5) is 7.16. The molecule has 1 aliphatic rings. The number of rotatable bonds is 8. The predicted molar refractivity (Wildman–Crippen MR) is 116 cm³/mol. The molecule has 0 amide bonds. The largest absolute Gasteiger partial charge is 0.496 e. The van der Waals surface area contributed by atoms with Crippen LogP contribution < -0.4 is 15.4 Å². The second-order valence-electron chi connectivity index (χ2n) is 6.35. The molecular formula is C19H33IN4O. The minimum absolute atomic E-state index is 0. The van der Waals surface area contributed by atoms with E-state index >= 15 is 0 Å². The first-order chi connectivity index (χ1) is 11.7. The van der Waals surface area contributed by atoms with Crippen molar-refractivity contribution in [2.24, 2.45) is 4.99 Å². The third-order valence-corrected chi connectivity index (χ3v) is 4.65. The lowest BCUT2D eigenvalue weighted by atomic mass is 10.2. The van der Waals surface area contributed by atoms with Crippen LogP contribution in [0, 0.1) is 0 Å². The minimum atomic E-state index is 0. The van der Waals surface area contributed by atoms with Crippen molar-refractivity contribution in [1.82, 2.24) is 15.5 Å². The van der Waals surface area contributed by atoms with E-state index in [1.165, 1.54) is 25.7 Å². The number of para-hydroxylation sites is 1. The molecule has 1 saturated carbocycles. The molecule has 142 valence electrons. The summed E-state index contributed by atoms with van der Waals surface area (Å²) in [5.41, 5.74) is 1.10. The molecule has 1 aromatic carbocycles. The fourth-order valence-electron chi connectivity index (χ4n) is 3.22. The van der Waals surface area contributed by atoms with Gasteiger partial charge in [0.25, 0.3) is 0 Å². The first-order valence-corrected chi connectivity index (χ1v) is 9.09. The highest BCUT2D eigenvalue weighted by molar-refractivity contribution is 14.0. The molecule has 0 radical (unpaired) electrons. The fraction of sp³-hybridized carbons (Fsp3) is 0.632. The van der Waals surface area contributed by atoms with E-state index in [1.807, 2.05) is 18.2 Å². The van der Waals surface area contributed by atoms with E-state index < -0.39 is 0 Å². The van der Waals surface area contributed by atoms with E-state index in [2.05, 4.69) is 40.6 Å². The summed E-state index contributed by atoms with van der Waals surface area (Å²) in [6.07, 6.45) is 5.45. The van der Waals surface area contributed by atoms with E-state index in [-0.39, 0.29) is 24.0 Å². The van der Waals surface area contributed by atoms with Crippen molar-refractivity contribution in [3.05, 3.63) is 29.8 Å². The maximum absolute atomic E-state index is 5.39. The molecule has 0 spiro atoms. The van der Waals surface area contributed by atoms with E-state index in [0.29, 0.717) is 6.54 Å². The van der Waals surface area contributed by atoms with Gasteiger partial charge in [-0.25, -0.2) is 4.99 Å². The van der Waals surface area contributed by atoms with Gasteiger partial charge in [-0.05, 0) is 32.9 Å². The van der Waals surface area contributed by atoms with Gasteiger partial charge < -0.3 is 20.3 Å². The van der Waals surface area contributed by atoms with Gasteiger partial charge in [-0.2, -0.15) is 0 Å². The van der Waals surface area contributed by atoms with Gasteiger partial charge in [-0.3, -0.25) is 0 Å². The Kier molecular flexibility index (Phi) is 10.9. The van der Waals surface area contributed by atoms with Crippen molar-refractivity contribution in [2.45, 2.75) is 45.2 Å². The van der Waals surface area contributed by atoms with Crippen molar-refractivity contribution < 1.29 is 4.74 Å². The Labute approximate surface area is 169 Å². The predicted octanol–water partition coefficient (Wildman–Crippen LogP) is 3.24. The minimum Gasteiger partial charge on any atom is -0.496 e. The molecule has 0 bridgehead atoms. The third-order valence-electron chi connectivity index (χ3n) is 4.65. The van der Waals surface area contributed by atoms with Crippen molar-refractivity contribution in [2.75, 3.05) is 33.8 Å². The number of benzene rings is 1. The average Bonchev–Trinajstić information content (AvgIpc) is 3.14. The van der Waals surface area contributed by atoms with Crippen LogP contribution in [0.25, 0.3) is 0 Å². The number of likely N-dealkylation sites (N-methyl/N-ethyl adjacent to an activating group) is 1. The van der Waals surface area contributed by atoms with E-state index in [0.717, 1.165) is 42.9 Å². The third kappa shape index (κ3) is 7.40. The molecule has 1 fully saturated rings. The summed E-state index contributed by atoms with van der Waals surface area (Å²) in [6.45, 7) is 5.51. The van der Waals surface area contributed by atoms with Crippen LogP contribution in [0.15, 0.2) is 29.3 Å². The highest BCUT2D eigenvalue weighted by Gasteiger charge is 2.18. The van der Waals surface area contributed by atoms with E-state index in [1.54, 1.807) is 7.11 Å². The first-order valence-electron chi connectivity index (χ1n) is 9.09. The zero-order valence-electron chi connectivity index (χ0n) is 15.8. The molecule has 0 unspecified atom stereocenters. The van der Waals surface area contributed by atoms with Crippen LogP contribution in [0.3, 0.4) is 0 Å². The molecule has 0 saturated heterocycles. The van der Waals surface area contributed by atoms with Gasteiger partial charge in [-0.15, -0.1) is 24.0 Å². The lowest BCUT2D eigenvalue weighted by Gasteiger charge is -2.24. The van der Waals surface area contributed by atoms with Crippen molar-refractivity contribution in [3.8, 4) is 5.75 Å². The van der Waals surface area contributed by atoms with Crippen LogP contribution in [-0.2, 0) is 6.54 Å². The van der Waals surface area contributed by atoms with Gasteiger partial charge in [0.05, 0.1) is 13.7 Å². The second-order valence-corrected chi connectivity index (χ2v) is 6.35. The maximum atomic E-state index is 5.39. The Balaban J connectivity index is 0.00000312. The zero-order chi connectivity index (χ0) is 17.2. The van der Waals surface area contributed by atoms with E-state index in [9.17, 15) is 0 Å². The molecule has 0 aliphatic heterocycles. The van der Waals surface area contributed by atoms with Crippen LogP contribution in [0.4, 0.5) is 0 Å². The number of ether oxygens (including phenoxy) is 1. The Morgan fingerprint density at radius 1 is 1.24 bits per heavy atom. The Morgan fingerprint density at radius 2 is 1.96 bits per heavy atom. The molecule has 2 N–H and O–H groups in total. The summed E-state index contributed by atoms with van der Waals surface area (Å²) in [7, 11) is 3.93. The van der Waals surface area contributed by atoms with Crippen molar-refractivity contribution >= 4 is 29.9 Å². The molecular weight excluding hydrogens is 427 g/mol. The molecule has 2 rings (SSSR count). The van der Waals surface area contributed by atoms with Crippen LogP contribution in [0.5, 0.6) is 5.75 Å². The summed E-state index contributed by atoms with van der Waals surface area (Å²) in [6, 6.07) is 8.79. The molecule has 1 aliphatic carbocycles. The number of aliphatic imine (C=N–C) groups is 1. The Morgan fingerprint density at radius 3 is 2.64 bits per heavy atom. The average molecular weight is 460 g/mol. The number of guanidine groups is 1. The quantitative estimate of drug-likeness (QED) is 0.355. The van der Waals surface area contributed by atoms with Crippen molar-refractivity contribution in [3.63, 3.8) is 0 Å². The number of methoxy groups -OCH3 is 1. The Hall–Kier alpha value is -1.02. The lowest BCUT2D eigenvalue weighted by molar-refractivity contribution is 0.249. The van der Waals surface area contributed by atoms with Gasteiger partial charge in [0, 0.05) is 31.2 Å². The smallest absolute Gasteiger partial charge is 0.191 e. The number of nitrogens with one attached hydrogen (secondary N) is 2. The Bertz CT molecular complexity index is 518. The molecule has 0 heterocycles. The fourth-order valence-corrected chi connectivity index (χ4v) is 3.22. The number of nitrogens with zero attached hydrogens (tertiary/aromatic N) is 2. The van der Waals surface area contributed by atoms with Crippen molar-refractivity contribution in [1.29, 1.82) is 0 Å². The van der Waals surface area contributed by atoms with E-state index in [4.69, 9.17) is 4.74 Å². The van der Waals surface area contributed by atoms with Gasteiger partial charge >= 0.3 is 0 Å². The topological polar surface area (TPSA) is 48.9 Å². The lowest BCUT2D eigenvalue weighted by Crippen LogP contribution is -2.42. The number of halogens is 1. The monoisotopic (exact) mass is 460 g/mol. The summed E-state index contributed by atoms with van der Waals surface area (Å²) >= 11 is 0. The molecule has 6 heteroatoms. The molecule has 0 atom stereocenters. The van der Waals surface area contributed by atoms with Crippen LogP contribution in [0.2, 0.25) is 0 Å².